The van der Waals surface area contributed by atoms with Crippen molar-refractivity contribution in [2.24, 2.45) is 5.73 Å². The van der Waals surface area contributed by atoms with E-state index in [0.29, 0.717) is 18.5 Å². The molecule has 0 aliphatic carbocycles. The SMILES string of the molecule is CC1(C)CC(N)CC(C)(C)N1C(=O)C(=O)Nc1ccc(I)cc1. The smallest absolute Gasteiger partial charge is 0.313 e. The van der Waals surface area contributed by atoms with E-state index in [0.717, 1.165) is 3.57 Å². The summed E-state index contributed by atoms with van der Waals surface area (Å²) >= 11 is 2.19. The molecular formula is C17H24IN3O2. The summed E-state index contributed by atoms with van der Waals surface area (Å²) in [5, 5.41) is 2.69. The lowest BCUT2D eigenvalue weighted by atomic mass is 9.77. The van der Waals surface area contributed by atoms with Crippen molar-refractivity contribution >= 4 is 40.1 Å². The molecule has 0 aromatic heterocycles. The zero-order chi connectivity index (χ0) is 17.4. The molecular weight excluding hydrogens is 405 g/mol. The Morgan fingerprint density at radius 3 is 2.09 bits per heavy atom. The van der Waals surface area contributed by atoms with Gasteiger partial charge in [0.05, 0.1) is 0 Å². The van der Waals surface area contributed by atoms with E-state index in [2.05, 4.69) is 27.9 Å². The molecule has 0 unspecified atom stereocenters. The number of piperidine rings is 1. The van der Waals surface area contributed by atoms with Gasteiger partial charge in [-0.25, -0.2) is 0 Å². The molecule has 2 rings (SSSR count). The normalized spacial score (nSPS) is 20.2. The van der Waals surface area contributed by atoms with Crippen molar-refractivity contribution in [3.8, 4) is 0 Å². The molecule has 126 valence electrons. The van der Waals surface area contributed by atoms with Gasteiger partial charge in [-0.05, 0) is 87.4 Å². The molecule has 6 heteroatoms. The maximum absolute atomic E-state index is 12.8. The topological polar surface area (TPSA) is 75.4 Å². The van der Waals surface area contributed by atoms with Crippen molar-refractivity contribution in [1.82, 2.24) is 4.90 Å². The number of likely N-dealkylation sites (tertiary alicyclic amines) is 1. The Kier molecular flexibility index (Phi) is 5.06. The quantitative estimate of drug-likeness (QED) is 0.533. The van der Waals surface area contributed by atoms with Crippen LogP contribution in [0.2, 0.25) is 0 Å². The van der Waals surface area contributed by atoms with Crippen molar-refractivity contribution in [3.63, 3.8) is 0 Å². The Bertz CT molecular complexity index is 593. The lowest BCUT2D eigenvalue weighted by Crippen LogP contribution is -2.66. The molecule has 1 fully saturated rings. The highest BCUT2D eigenvalue weighted by Crippen LogP contribution is 2.37. The second-order valence-corrected chi connectivity index (χ2v) is 8.64. The molecule has 0 saturated carbocycles. The maximum atomic E-state index is 12.8. The van der Waals surface area contributed by atoms with E-state index in [-0.39, 0.29) is 6.04 Å². The molecule has 1 aliphatic rings. The highest BCUT2D eigenvalue weighted by atomic mass is 127. The van der Waals surface area contributed by atoms with E-state index in [4.69, 9.17) is 5.73 Å². The average molecular weight is 429 g/mol. The number of carbonyl (C=O) groups excluding carboxylic acids is 2. The molecule has 0 spiro atoms. The van der Waals surface area contributed by atoms with Crippen LogP contribution in [0.5, 0.6) is 0 Å². The van der Waals surface area contributed by atoms with Gasteiger partial charge in [0, 0.05) is 26.4 Å². The first-order valence-corrected chi connectivity index (χ1v) is 8.78. The number of carbonyl (C=O) groups is 2. The second-order valence-electron chi connectivity index (χ2n) is 7.39. The van der Waals surface area contributed by atoms with Crippen LogP contribution in [-0.2, 0) is 9.59 Å². The summed E-state index contributed by atoms with van der Waals surface area (Å²) in [6.07, 6.45) is 1.36. The number of halogens is 1. The van der Waals surface area contributed by atoms with E-state index in [1.807, 2.05) is 39.8 Å². The van der Waals surface area contributed by atoms with Gasteiger partial charge in [0.2, 0.25) is 0 Å². The first-order valence-electron chi connectivity index (χ1n) is 7.70. The van der Waals surface area contributed by atoms with Crippen LogP contribution in [0.3, 0.4) is 0 Å². The van der Waals surface area contributed by atoms with Crippen LogP contribution >= 0.6 is 22.6 Å². The third-order valence-corrected chi connectivity index (χ3v) is 4.95. The van der Waals surface area contributed by atoms with Gasteiger partial charge in [-0.3, -0.25) is 9.59 Å². The number of nitrogens with zero attached hydrogens (tertiary/aromatic N) is 1. The Hall–Kier alpha value is -1.15. The van der Waals surface area contributed by atoms with Gasteiger partial charge in [0.1, 0.15) is 0 Å². The lowest BCUT2D eigenvalue weighted by Gasteiger charge is -2.54. The van der Waals surface area contributed by atoms with Gasteiger partial charge < -0.3 is 16.0 Å². The number of anilines is 1. The molecule has 0 atom stereocenters. The lowest BCUT2D eigenvalue weighted by molar-refractivity contribution is -0.156. The number of hydrogen-bond donors (Lipinski definition) is 2. The number of benzene rings is 1. The summed E-state index contributed by atoms with van der Waals surface area (Å²) < 4.78 is 1.07. The minimum atomic E-state index is -0.608. The fourth-order valence-electron chi connectivity index (χ4n) is 3.73. The maximum Gasteiger partial charge on any atom is 0.313 e. The van der Waals surface area contributed by atoms with E-state index >= 15 is 0 Å². The number of rotatable bonds is 1. The minimum absolute atomic E-state index is 0.0308. The largest absolute Gasteiger partial charge is 0.328 e. The number of amides is 2. The predicted octanol–water partition coefficient (Wildman–Crippen LogP) is 2.74. The summed E-state index contributed by atoms with van der Waals surface area (Å²) in [6, 6.07) is 7.37. The van der Waals surface area contributed by atoms with Crippen molar-refractivity contribution in [3.05, 3.63) is 27.8 Å². The minimum Gasteiger partial charge on any atom is -0.328 e. The van der Waals surface area contributed by atoms with Crippen LogP contribution in [0.1, 0.15) is 40.5 Å². The van der Waals surface area contributed by atoms with Crippen molar-refractivity contribution in [2.75, 3.05) is 5.32 Å². The molecule has 1 aromatic rings. The molecule has 0 bridgehead atoms. The Labute approximate surface area is 151 Å². The number of nitrogens with two attached hydrogens (primary N) is 1. The van der Waals surface area contributed by atoms with E-state index in [1.165, 1.54) is 0 Å². The third kappa shape index (κ3) is 4.03. The Morgan fingerprint density at radius 1 is 1.13 bits per heavy atom. The fourth-order valence-corrected chi connectivity index (χ4v) is 4.09. The summed E-state index contributed by atoms with van der Waals surface area (Å²) in [7, 11) is 0. The van der Waals surface area contributed by atoms with Gasteiger partial charge in [-0.1, -0.05) is 0 Å². The Morgan fingerprint density at radius 2 is 1.61 bits per heavy atom. The molecule has 1 aliphatic heterocycles. The zero-order valence-corrected chi connectivity index (χ0v) is 16.2. The highest BCUT2D eigenvalue weighted by molar-refractivity contribution is 14.1. The van der Waals surface area contributed by atoms with Crippen LogP contribution in [0, 0.1) is 3.57 Å². The van der Waals surface area contributed by atoms with Crippen LogP contribution in [0.4, 0.5) is 5.69 Å². The zero-order valence-electron chi connectivity index (χ0n) is 14.0. The summed E-state index contributed by atoms with van der Waals surface area (Å²) in [5.74, 6) is -1.12. The predicted molar refractivity (Wildman–Crippen MR) is 100 cm³/mol. The van der Waals surface area contributed by atoms with Gasteiger partial charge in [-0.15, -0.1) is 0 Å². The summed E-state index contributed by atoms with van der Waals surface area (Å²) in [4.78, 5) is 26.9. The van der Waals surface area contributed by atoms with Gasteiger partial charge >= 0.3 is 11.8 Å². The molecule has 2 amide bonds. The van der Waals surface area contributed by atoms with E-state index in [1.54, 1.807) is 17.0 Å². The average Bonchev–Trinajstić information content (AvgIpc) is 2.37. The first-order chi connectivity index (χ1) is 10.5. The number of nitrogens with one attached hydrogen (secondary N) is 1. The second kappa shape index (κ2) is 6.39. The van der Waals surface area contributed by atoms with E-state index in [9.17, 15) is 9.59 Å². The highest BCUT2D eigenvalue weighted by Gasteiger charge is 2.48. The third-order valence-electron chi connectivity index (χ3n) is 4.23. The van der Waals surface area contributed by atoms with E-state index < -0.39 is 22.9 Å². The van der Waals surface area contributed by atoms with Crippen LogP contribution in [-0.4, -0.2) is 33.8 Å². The molecule has 0 radical (unpaired) electrons. The molecule has 23 heavy (non-hydrogen) atoms. The van der Waals surface area contributed by atoms with Crippen molar-refractivity contribution in [1.29, 1.82) is 0 Å². The molecule has 5 nitrogen and oxygen atoms in total. The molecule has 1 saturated heterocycles. The molecule has 1 heterocycles. The van der Waals surface area contributed by atoms with Gasteiger partial charge in [0.25, 0.3) is 0 Å². The fraction of sp³-hybridized carbons (Fsp3) is 0.529. The molecule has 3 N–H and O–H groups in total. The van der Waals surface area contributed by atoms with Crippen LogP contribution < -0.4 is 11.1 Å². The van der Waals surface area contributed by atoms with Crippen molar-refractivity contribution in [2.45, 2.75) is 57.7 Å². The number of hydrogen-bond acceptors (Lipinski definition) is 3. The van der Waals surface area contributed by atoms with Crippen LogP contribution in [0.15, 0.2) is 24.3 Å². The standard InChI is InChI=1S/C17H24IN3O2/c1-16(2)9-12(19)10-17(3,4)21(16)15(23)14(22)20-13-7-5-11(18)6-8-13/h5-8,12H,9-10,19H2,1-4H3,(H,20,22). The van der Waals surface area contributed by atoms with Gasteiger partial charge in [0.15, 0.2) is 0 Å². The van der Waals surface area contributed by atoms with Crippen LogP contribution in [0.25, 0.3) is 0 Å². The first kappa shape index (κ1) is 18.2. The Balaban J connectivity index is 2.20. The van der Waals surface area contributed by atoms with Gasteiger partial charge in [-0.2, -0.15) is 0 Å². The monoisotopic (exact) mass is 429 g/mol. The summed E-state index contributed by atoms with van der Waals surface area (Å²) in [5.41, 5.74) is 5.83. The van der Waals surface area contributed by atoms with Crippen molar-refractivity contribution < 1.29 is 9.59 Å². The summed E-state index contributed by atoms with van der Waals surface area (Å²) in [6.45, 7) is 7.85. The molecule has 1 aromatic carbocycles.